The van der Waals surface area contributed by atoms with Crippen molar-refractivity contribution in [3.05, 3.63) is 59.7 Å². The van der Waals surface area contributed by atoms with Gasteiger partial charge in [-0.3, -0.25) is 19.2 Å². The Balaban J connectivity index is 1.83. The van der Waals surface area contributed by atoms with Gasteiger partial charge in [0.25, 0.3) is 0 Å². The maximum atomic E-state index is 14.4. The third kappa shape index (κ3) is 14.1. The predicted molar refractivity (Wildman–Crippen MR) is 207 cm³/mol. The van der Waals surface area contributed by atoms with Gasteiger partial charge in [-0.25, -0.2) is 4.79 Å². The van der Waals surface area contributed by atoms with E-state index < -0.39 is 59.8 Å². The molecule has 54 heavy (non-hydrogen) atoms. The van der Waals surface area contributed by atoms with Gasteiger partial charge in [-0.2, -0.15) is 0 Å². The second-order valence-electron chi connectivity index (χ2n) is 14.8. The van der Waals surface area contributed by atoms with Gasteiger partial charge < -0.3 is 41.5 Å². The molecular formula is C40H58ClN5O8. The van der Waals surface area contributed by atoms with Crippen LogP contribution in [0.3, 0.4) is 0 Å². The lowest BCUT2D eigenvalue weighted by molar-refractivity contribution is -0.153. The van der Waals surface area contributed by atoms with Gasteiger partial charge >= 0.3 is 5.97 Å². The van der Waals surface area contributed by atoms with Gasteiger partial charge in [-0.05, 0) is 73.4 Å². The van der Waals surface area contributed by atoms with Gasteiger partial charge in [0.05, 0.1) is 0 Å². The summed E-state index contributed by atoms with van der Waals surface area (Å²) in [6, 6.07) is 7.74. The SMILES string of the molecule is CC(C)CC(NC(=O)C(Cc1ccc(O)cc1)NC(=O)CC(N)CCCCCCCCl)C(=O)N(C)C(Cc1ccc(O)cc1)C(=O)N1CCCC1C(=O)O. The Morgan fingerprint density at radius 2 is 1.44 bits per heavy atom. The van der Waals surface area contributed by atoms with Crippen molar-refractivity contribution in [1.29, 1.82) is 0 Å². The highest BCUT2D eigenvalue weighted by Crippen LogP contribution is 2.23. The number of nitrogens with zero attached hydrogens (tertiary/aromatic N) is 2. The van der Waals surface area contributed by atoms with Gasteiger partial charge in [0.2, 0.25) is 23.6 Å². The van der Waals surface area contributed by atoms with Gasteiger partial charge in [0.15, 0.2) is 0 Å². The Kier molecular flexibility index (Phi) is 18.0. The van der Waals surface area contributed by atoms with E-state index in [-0.39, 0.29) is 49.6 Å². The summed E-state index contributed by atoms with van der Waals surface area (Å²) in [4.78, 5) is 70.3. The molecule has 1 fully saturated rings. The first-order valence-corrected chi connectivity index (χ1v) is 19.5. The number of nitrogens with one attached hydrogen (secondary N) is 2. The zero-order valence-corrected chi connectivity index (χ0v) is 32.5. The van der Waals surface area contributed by atoms with Crippen LogP contribution in [0.15, 0.2) is 48.5 Å². The fraction of sp³-hybridized carbons (Fsp3) is 0.575. The summed E-state index contributed by atoms with van der Waals surface area (Å²) >= 11 is 5.75. The van der Waals surface area contributed by atoms with Gasteiger partial charge in [-0.15, -0.1) is 11.6 Å². The molecule has 1 aliphatic rings. The molecule has 4 amide bonds. The van der Waals surface area contributed by atoms with E-state index in [0.29, 0.717) is 36.3 Å². The zero-order chi connectivity index (χ0) is 39.8. The number of likely N-dealkylation sites (tertiary alicyclic amines) is 1. The highest BCUT2D eigenvalue weighted by molar-refractivity contribution is 6.17. The molecule has 0 aromatic heterocycles. The minimum Gasteiger partial charge on any atom is -0.508 e. The number of aliphatic carboxylic acids is 1. The number of carbonyl (C=O) groups is 5. The summed E-state index contributed by atoms with van der Waals surface area (Å²) < 4.78 is 0. The molecule has 2 aromatic rings. The number of alkyl halides is 1. The standard InChI is InChI=1S/C40H58ClN5O8/c1-26(2)22-33(38(51)45(3)35(24-28-14-18-31(48)19-15-28)39(52)46-21-9-11-34(46)40(53)54)44-37(50)32(23-27-12-16-30(47)17-13-27)43-36(49)25-29(42)10-7-5-4-6-8-20-41/h12-19,26,29,32-35,47-48H,4-11,20-25,42H2,1-3H3,(H,43,49)(H,44,50)(H,53,54). The molecule has 7 N–H and O–H groups in total. The maximum Gasteiger partial charge on any atom is 0.326 e. The number of benzene rings is 2. The summed E-state index contributed by atoms with van der Waals surface area (Å²) in [5.74, 6) is -2.57. The first kappa shape index (κ1) is 44.0. The Labute approximate surface area is 323 Å². The van der Waals surface area contributed by atoms with E-state index in [1.165, 1.54) is 41.1 Å². The highest BCUT2D eigenvalue weighted by Gasteiger charge is 2.41. The smallest absolute Gasteiger partial charge is 0.326 e. The minimum absolute atomic E-state index is 0.00696. The molecule has 1 heterocycles. The Morgan fingerprint density at radius 3 is 2.02 bits per heavy atom. The Bertz CT molecular complexity index is 1520. The molecule has 14 heteroatoms. The monoisotopic (exact) mass is 771 g/mol. The minimum atomic E-state index is -1.12. The Morgan fingerprint density at radius 1 is 0.870 bits per heavy atom. The van der Waals surface area contributed by atoms with Crippen molar-refractivity contribution in [3.8, 4) is 11.5 Å². The normalized spacial score (nSPS) is 16.3. The second-order valence-corrected chi connectivity index (χ2v) is 15.1. The summed E-state index contributed by atoms with van der Waals surface area (Å²) in [5, 5.41) is 35.1. The molecule has 0 saturated carbocycles. The average Bonchev–Trinajstić information content (AvgIpc) is 3.63. The quantitative estimate of drug-likeness (QED) is 0.0753. The van der Waals surface area contributed by atoms with E-state index >= 15 is 0 Å². The molecule has 2 aromatic carbocycles. The topological polar surface area (TPSA) is 203 Å². The predicted octanol–water partition coefficient (Wildman–Crippen LogP) is 4.10. The number of hydrogen-bond donors (Lipinski definition) is 6. The number of hydrogen-bond acceptors (Lipinski definition) is 8. The first-order valence-electron chi connectivity index (χ1n) is 19.0. The summed E-state index contributed by atoms with van der Waals surface area (Å²) in [7, 11) is 1.46. The molecule has 0 radical (unpaired) electrons. The number of rotatable bonds is 22. The number of likely N-dealkylation sites (N-methyl/N-ethyl adjacent to an activating group) is 1. The number of halogens is 1. The van der Waals surface area contributed by atoms with Crippen LogP contribution in [-0.4, -0.2) is 104 Å². The van der Waals surface area contributed by atoms with Crippen LogP contribution in [0.2, 0.25) is 0 Å². The van der Waals surface area contributed by atoms with Crippen molar-refractivity contribution in [1.82, 2.24) is 20.4 Å². The van der Waals surface area contributed by atoms with E-state index in [1.54, 1.807) is 24.3 Å². The lowest BCUT2D eigenvalue weighted by Crippen LogP contribution is -2.59. The number of carboxylic acids is 1. The molecular weight excluding hydrogens is 714 g/mol. The lowest BCUT2D eigenvalue weighted by Gasteiger charge is -2.35. The molecule has 3 rings (SSSR count). The zero-order valence-electron chi connectivity index (χ0n) is 31.7. The number of nitrogens with two attached hydrogens (primary N) is 1. The number of aromatic hydroxyl groups is 2. The fourth-order valence-electron chi connectivity index (χ4n) is 6.79. The van der Waals surface area contributed by atoms with Crippen molar-refractivity contribution in [3.63, 3.8) is 0 Å². The molecule has 0 spiro atoms. The molecule has 1 aliphatic heterocycles. The van der Waals surface area contributed by atoms with Crippen LogP contribution in [0.5, 0.6) is 11.5 Å². The number of phenolic OH excluding ortho intramolecular Hbond substituents is 2. The van der Waals surface area contributed by atoms with Crippen molar-refractivity contribution in [2.75, 3.05) is 19.5 Å². The van der Waals surface area contributed by atoms with Crippen molar-refractivity contribution < 1.29 is 39.3 Å². The van der Waals surface area contributed by atoms with Crippen LogP contribution in [0.25, 0.3) is 0 Å². The fourth-order valence-corrected chi connectivity index (χ4v) is 6.98. The van der Waals surface area contributed by atoms with Crippen molar-refractivity contribution in [2.45, 2.75) is 121 Å². The van der Waals surface area contributed by atoms with E-state index in [0.717, 1.165) is 32.1 Å². The number of carboxylic acid groups (broad SMARTS) is 1. The second kappa shape index (κ2) is 22.1. The summed E-state index contributed by atoms with van der Waals surface area (Å²) in [5.41, 5.74) is 7.60. The largest absolute Gasteiger partial charge is 0.508 e. The van der Waals surface area contributed by atoms with Crippen LogP contribution < -0.4 is 16.4 Å². The van der Waals surface area contributed by atoms with Crippen molar-refractivity contribution in [2.24, 2.45) is 11.7 Å². The molecule has 13 nitrogen and oxygen atoms in total. The van der Waals surface area contributed by atoms with Crippen LogP contribution in [-0.2, 0) is 36.8 Å². The number of unbranched alkanes of at least 4 members (excludes halogenated alkanes) is 4. The van der Waals surface area contributed by atoms with E-state index in [4.69, 9.17) is 17.3 Å². The van der Waals surface area contributed by atoms with Crippen LogP contribution in [0.1, 0.15) is 89.2 Å². The molecule has 0 bridgehead atoms. The van der Waals surface area contributed by atoms with Crippen molar-refractivity contribution >= 4 is 41.2 Å². The maximum absolute atomic E-state index is 14.4. The number of amides is 4. The molecule has 5 unspecified atom stereocenters. The van der Waals surface area contributed by atoms with Gasteiger partial charge in [-0.1, -0.05) is 63.8 Å². The lowest BCUT2D eigenvalue weighted by atomic mass is 9.98. The van der Waals surface area contributed by atoms with Gasteiger partial charge in [0.1, 0.15) is 35.7 Å². The number of phenols is 2. The first-order chi connectivity index (χ1) is 25.7. The van der Waals surface area contributed by atoms with Crippen LogP contribution in [0, 0.1) is 5.92 Å². The average molecular weight is 772 g/mol. The molecule has 5 atom stereocenters. The third-order valence-corrected chi connectivity index (χ3v) is 10.1. The van der Waals surface area contributed by atoms with Crippen LogP contribution >= 0.6 is 11.6 Å². The van der Waals surface area contributed by atoms with E-state index in [1.807, 2.05) is 13.8 Å². The molecule has 1 saturated heterocycles. The molecule has 0 aliphatic carbocycles. The Hall–Kier alpha value is -4.36. The van der Waals surface area contributed by atoms with Crippen LogP contribution in [0.4, 0.5) is 0 Å². The van der Waals surface area contributed by atoms with Gasteiger partial charge in [0, 0.05) is 44.8 Å². The van der Waals surface area contributed by atoms with E-state index in [2.05, 4.69) is 10.6 Å². The molecule has 298 valence electrons. The van der Waals surface area contributed by atoms with E-state index in [9.17, 15) is 39.3 Å². The third-order valence-electron chi connectivity index (χ3n) is 9.79. The highest BCUT2D eigenvalue weighted by atomic mass is 35.5. The summed E-state index contributed by atoms with van der Waals surface area (Å²) in [6.45, 7) is 4.01. The number of carbonyl (C=O) groups excluding carboxylic acids is 4. The summed E-state index contributed by atoms with van der Waals surface area (Å²) in [6.07, 6.45) is 6.68.